The number of benzene rings is 2. The summed E-state index contributed by atoms with van der Waals surface area (Å²) in [7, 11) is -3.09. The van der Waals surface area contributed by atoms with Gasteiger partial charge in [0.25, 0.3) is 0 Å². The molecule has 1 atom stereocenters. The van der Waals surface area contributed by atoms with Crippen molar-refractivity contribution in [3.05, 3.63) is 95.5 Å². The normalized spacial score (nSPS) is 16.5. The minimum Gasteiger partial charge on any atom is -0.487 e. The van der Waals surface area contributed by atoms with E-state index in [-0.39, 0.29) is 23.9 Å². The zero-order valence-electron chi connectivity index (χ0n) is 23.0. The van der Waals surface area contributed by atoms with Crippen molar-refractivity contribution in [2.45, 2.75) is 32.0 Å². The molecule has 12 heteroatoms. The molecule has 4 aromatic rings. The lowest BCUT2D eigenvalue weighted by Crippen LogP contribution is -2.40. The van der Waals surface area contributed by atoms with Crippen molar-refractivity contribution < 1.29 is 22.3 Å². The summed E-state index contributed by atoms with van der Waals surface area (Å²) < 4.78 is 49.5. The Morgan fingerprint density at radius 3 is 2.76 bits per heavy atom. The number of hydrogen-bond donors (Lipinski definition) is 2. The maximum absolute atomic E-state index is 13.5. The van der Waals surface area contributed by atoms with Gasteiger partial charge in [-0.1, -0.05) is 30.7 Å². The molecule has 2 aromatic carbocycles. The largest absolute Gasteiger partial charge is 0.487 e. The standard InChI is InChI=1S/C30H31ClFN5O4S/c1-2-12-42(38,39)13-10-33-19-30(9-4-11-41-30)28-16-24-26(17-34-28)35-20-36-29(24)37-23-7-8-27(25(31)15-23)40-18-21-5-3-6-22(32)14-21/h3-8,11,14-17,20,33H,2,9-10,12-13,18-19H2,1H3,(H,35,36,37). The third-order valence-electron chi connectivity index (χ3n) is 6.82. The number of pyridine rings is 1. The van der Waals surface area contributed by atoms with Crippen molar-refractivity contribution in [3.8, 4) is 5.75 Å². The molecule has 1 unspecified atom stereocenters. The second-order valence-corrected chi connectivity index (χ2v) is 12.7. The van der Waals surface area contributed by atoms with Gasteiger partial charge in [0.15, 0.2) is 15.4 Å². The SMILES string of the molecule is CCCS(=O)(=O)CCNCC1(c2cc3c(Nc4ccc(OCc5cccc(F)c5)c(Cl)c4)ncnc3cn2)CC=CO1. The van der Waals surface area contributed by atoms with Gasteiger partial charge in [0, 0.05) is 36.3 Å². The predicted octanol–water partition coefficient (Wildman–Crippen LogP) is 5.68. The Balaban J connectivity index is 1.32. The highest BCUT2D eigenvalue weighted by Crippen LogP contribution is 2.36. The Morgan fingerprint density at radius 2 is 2.00 bits per heavy atom. The first-order valence-corrected chi connectivity index (χ1v) is 15.8. The number of aromatic nitrogens is 3. The molecule has 9 nitrogen and oxygen atoms in total. The molecule has 42 heavy (non-hydrogen) atoms. The maximum atomic E-state index is 13.5. The molecule has 2 aromatic heterocycles. The van der Waals surface area contributed by atoms with Gasteiger partial charge >= 0.3 is 0 Å². The number of nitrogens with zero attached hydrogens (tertiary/aromatic N) is 3. The monoisotopic (exact) mass is 611 g/mol. The lowest BCUT2D eigenvalue weighted by atomic mass is 9.94. The highest BCUT2D eigenvalue weighted by molar-refractivity contribution is 7.91. The number of ether oxygens (including phenoxy) is 2. The minimum absolute atomic E-state index is 0.0641. The first-order chi connectivity index (χ1) is 20.3. The Morgan fingerprint density at radius 1 is 1.12 bits per heavy atom. The van der Waals surface area contributed by atoms with Gasteiger partial charge in [-0.05, 0) is 54.5 Å². The topological polar surface area (TPSA) is 115 Å². The molecule has 0 saturated carbocycles. The zero-order valence-corrected chi connectivity index (χ0v) is 24.6. The summed E-state index contributed by atoms with van der Waals surface area (Å²) in [6.07, 6.45) is 7.85. The molecule has 0 amide bonds. The molecule has 0 bridgehead atoms. The van der Waals surface area contributed by atoms with Gasteiger partial charge in [0.2, 0.25) is 0 Å². The molecule has 5 rings (SSSR count). The molecule has 2 N–H and O–H groups in total. The molecular weight excluding hydrogens is 581 g/mol. The highest BCUT2D eigenvalue weighted by atomic mass is 35.5. The van der Waals surface area contributed by atoms with Gasteiger partial charge in [-0.25, -0.2) is 22.8 Å². The number of rotatable bonds is 13. The zero-order chi connectivity index (χ0) is 29.6. The van der Waals surface area contributed by atoms with Gasteiger partial charge < -0.3 is 20.1 Å². The van der Waals surface area contributed by atoms with E-state index in [1.54, 1.807) is 36.7 Å². The van der Waals surface area contributed by atoms with Gasteiger partial charge in [0.1, 0.15) is 30.3 Å². The van der Waals surface area contributed by atoms with Crippen LogP contribution in [0.3, 0.4) is 0 Å². The van der Waals surface area contributed by atoms with Crippen LogP contribution in [-0.2, 0) is 26.8 Å². The Hall–Kier alpha value is -3.80. The fourth-order valence-corrected chi connectivity index (χ4v) is 6.21. The van der Waals surface area contributed by atoms with Gasteiger partial charge in [0.05, 0.1) is 34.4 Å². The molecule has 0 spiro atoms. The van der Waals surface area contributed by atoms with Crippen molar-refractivity contribution in [1.29, 1.82) is 0 Å². The second-order valence-electron chi connectivity index (χ2n) is 10.0. The van der Waals surface area contributed by atoms with Crippen LogP contribution in [0.25, 0.3) is 10.9 Å². The van der Waals surface area contributed by atoms with E-state index < -0.39 is 15.4 Å². The van der Waals surface area contributed by atoms with E-state index in [0.717, 1.165) is 5.39 Å². The third-order valence-corrected chi connectivity index (χ3v) is 8.97. The van der Waals surface area contributed by atoms with Crippen molar-refractivity contribution in [3.63, 3.8) is 0 Å². The van der Waals surface area contributed by atoms with Crippen molar-refractivity contribution >= 4 is 43.8 Å². The number of anilines is 2. The lowest BCUT2D eigenvalue weighted by molar-refractivity contribution is 0.0378. The highest BCUT2D eigenvalue weighted by Gasteiger charge is 2.37. The summed E-state index contributed by atoms with van der Waals surface area (Å²) in [6.45, 7) is 2.73. The molecule has 0 aliphatic carbocycles. The molecule has 1 aliphatic rings. The van der Waals surface area contributed by atoms with Crippen molar-refractivity contribution in [2.75, 3.05) is 29.9 Å². The lowest BCUT2D eigenvalue weighted by Gasteiger charge is -2.29. The number of hydrogen-bond acceptors (Lipinski definition) is 9. The van der Waals surface area contributed by atoms with Crippen LogP contribution in [0.4, 0.5) is 15.9 Å². The molecule has 0 radical (unpaired) electrons. The summed E-state index contributed by atoms with van der Waals surface area (Å²) in [5.74, 6) is 0.929. The first-order valence-electron chi connectivity index (χ1n) is 13.6. The van der Waals surface area contributed by atoms with Gasteiger partial charge in [-0.15, -0.1) is 0 Å². The van der Waals surface area contributed by atoms with Crippen LogP contribution < -0.4 is 15.4 Å². The summed E-state index contributed by atoms with van der Waals surface area (Å²) in [5, 5.41) is 7.65. The van der Waals surface area contributed by atoms with E-state index in [9.17, 15) is 12.8 Å². The summed E-state index contributed by atoms with van der Waals surface area (Å²) >= 11 is 6.50. The molecular formula is C30H31ClFN5O4S. The predicted molar refractivity (Wildman–Crippen MR) is 161 cm³/mol. The van der Waals surface area contributed by atoms with Crippen LogP contribution in [0.15, 0.2) is 73.4 Å². The Kier molecular flexibility index (Phi) is 9.20. The average molecular weight is 612 g/mol. The van der Waals surface area contributed by atoms with E-state index in [1.165, 1.54) is 18.5 Å². The second kappa shape index (κ2) is 13.0. The Bertz CT molecular complexity index is 1690. The van der Waals surface area contributed by atoms with Crippen LogP contribution in [0.1, 0.15) is 31.0 Å². The summed E-state index contributed by atoms with van der Waals surface area (Å²) in [4.78, 5) is 13.5. The molecule has 3 heterocycles. The van der Waals surface area contributed by atoms with Crippen molar-refractivity contribution in [1.82, 2.24) is 20.3 Å². The maximum Gasteiger partial charge on any atom is 0.166 e. The van der Waals surface area contributed by atoms with Gasteiger partial charge in [-0.3, -0.25) is 4.98 Å². The van der Waals surface area contributed by atoms with Crippen LogP contribution in [-0.4, -0.2) is 48.0 Å². The summed E-state index contributed by atoms with van der Waals surface area (Å²) in [5.41, 5.74) is 1.89. The van der Waals surface area contributed by atoms with Crippen LogP contribution in [0.5, 0.6) is 5.75 Å². The Labute approximate surface area is 249 Å². The van der Waals surface area contributed by atoms with Gasteiger partial charge in [-0.2, -0.15) is 0 Å². The molecule has 0 fully saturated rings. The van der Waals surface area contributed by atoms with E-state index >= 15 is 0 Å². The van der Waals surface area contributed by atoms with E-state index in [1.807, 2.05) is 25.1 Å². The van der Waals surface area contributed by atoms with E-state index in [4.69, 9.17) is 21.1 Å². The quantitative estimate of drug-likeness (QED) is 0.184. The van der Waals surface area contributed by atoms with E-state index in [0.29, 0.717) is 65.0 Å². The first kappa shape index (κ1) is 29.7. The minimum atomic E-state index is -3.09. The fourth-order valence-electron chi connectivity index (χ4n) is 4.69. The smallest absolute Gasteiger partial charge is 0.166 e. The third kappa shape index (κ3) is 7.15. The van der Waals surface area contributed by atoms with Crippen LogP contribution >= 0.6 is 11.6 Å². The number of sulfone groups is 1. The average Bonchev–Trinajstić information content (AvgIpc) is 3.45. The molecule has 1 aliphatic heterocycles. The van der Waals surface area contributed by atoms with Crippen LogP contribution in [0, 0.1) is 5.82 Å². The van der Waals surface area contributed by atoms with E-state index in [2.05, 4.69) is 25.6 Å². The molecule has 0 saturated heterocycles. The van der Waals surface area contributed by atoms with Crippen molar-refractivity contribution in [2.24, 2.45) is 0 Å². The number of fused-ring (bicyclic) bond motifs is 1. The molecule has 220 valence electrons. The van der Waals surface area contributed by atoms with Crippen LogP contribution in [0.2, 0.25) is 5.02 Å². The number of halogens is 2. The fraction of sp³-hybridized carbons (Fsp3) is 0.300. The number of nitrogens with one attached hydrogen (secondary N) is 2. The summed E-state index contributed by atoms with van der Waals surface area (Å²) in [6, 6.07) is 13.4.